The summed E-state index contributed by atoms with van der Waals surface area (Å²) in [5.41, 5.74) is 0. The summed E-state index contributed by atoms with van der Waals surface area (Å²) in [5, 5.41) is 5.68. The minimum atomic E-state index is -0.142. The van der Waals surface area contributed by atoms with Crippen LogP contribution in [0.15, 0.2) is 24.3 Å². The van der Waals surface area contributed by atoms with Crippen LogP contribution in [0.5, 0.6) is 11.5 Å². The van der Waals surface area contributed by atoms with Crippen LogP contribution >= 0.6 is 0 Å². The van der Waals surface area contributed by atoms with E-state index >= 15 is 0 Å². The number of hydrogen-bond donors (Lipinski definition) is 2. The largest absolute Gasteiger partial charge is 0.497 e. The van der Waals surface area contributed by atoms with E-state index in [2.05, 4.69) is 24.5 Å². The fraction of sp³-hybridized carbons (Fsp3) is 0.533. The zero-order valence-corrected chi connectivity index (χ0v) is 12.4. The molecule has 0 spiro atoms. The summed E-state index contributed by atoms with van der Waals surface area (Å²) in [5.74, 6) is 1.55. The highest BCUT2D eigenvalue weighted by Gasteiger charge is 2.06. The van der Waals surface area contributed by atoms with Crippen LogP contribution in [0.25, 0.3) is 0 Å². The van der Waals surface area contributed by atoms with Crippen LogP contribution in [-0.4, -0.2) is 32.3 Å². The van der Waals surface area contributed by atoms with Gasteiger partial charge in [-0.15, -0.1) is 0 Å². The van der Waals surface area contributed by atoms with Crippen LogP contribution in [0.2, 0.25) is 0 Å². The highest BCUT2D eigenvalue weighted by molar-refractivity contribution is 5.74. The molecule has 1 aromatic rings. The normalized spacial score (nSPS) is 10.2. The molecule has 1 rings (SSSR count). The summed E-state index contributed by atoms with van der Waals surface area (Å²) in [6, 6.07) is 7.44. The van der Waals surface area contributed by atoms with Crippen molar-refractivity contribution in [2.75, 3.05) is 20.3 Å². The summed E-state index contributed by atoms with van der Waals surface area (Å²) in [4.78, 5) is 11.6. The lowest BCUT2D eigenvalue weighted by Crippen LogP contribution is -2.42. The lowest BCUT2D eigenvalue weighted by atomic mass is 10.2. The van der Waals surface area contributed by atoms with Crippen LogP contribution in [-0.2, 0) is 0 Å². The zero-order valence-electron chi connectivity index (χ0n) is 12.4. The van der Waals surface area contributed by atoms with Gasteiger partial charge in [-0.25, -0.2) is 4.79 Å². The first-order valence-electron chi connectivity index (χ1n) is 7.00. The van der Waals surface area contributed by atoms with Gasteiger partial charge in [-0.05, 0) is 37.1 Å². The molecule has 0 unspecified atom stereocenters. The highest BCUT2D eigenvalue weighted by atomic mass is 16.5. The van der Waals surface area contributed by atoms with Gasteiger partial charge in [0.25, 0.3) is 0 Å². The summed E-state index contributed by atoms with van der Waals surface area (Å²) in [7, 11) is 1.62. The lowest BCUT2D eigenvalue weighted by molar-refractivity contribution is 0.232. The number of amides is 2. The minimum absolute atomic E-state index is 0.142. The molecular weight excluding hydrogens is 256 g/mol. The fourth-order valence-electron chi connectivity index (χ4n) is 1.73. The molecule has 0 heterocycles. The van der Waals surface area contributed by atoms with E-state index in [0.29, 0.717) is 13.2 Å². The molecule has 5 nitrogen and oxygen atoms in total. The maximum Gasteiger partial charge on any atom is 0.315 e. The van der Waals surface area contributed by atoms with Gasteiger partial charge in [0.15, 0.2) is 0 Å². The van der Waals surface area contributed by atoms with E-state index in [0.717, 1.165) is 24.3 Å². The lowest BCUT2D eigenvalue weighted by Gasteiger charge is -2.15. The summed E-state index contributed by atoms with van der Waals surface area (Å²) >= 11 is 0. The van der Waals surface area contributed by atoms with Gasteiger partial charge in [0, 0.05) is 6.04 Å². The number of carbonyl (C=O) groups is 1. The monoisotopic (exact) mass is 280 g/mol. The molecule has 0 saturated heterocycles. The van der Waals surface area contributed by atoms with E-state index in [9.17, 15) is 4.79 Å². The maximum absolute atomic E-state index is 11.6. The average molecular weight is 280 g/mol. The number of methoxy groups -OCH3 is 1. The molecule has 0 aliphatic heterocycles. The Hall–Kier alpha value is -1.91. The Bertz CT molecular complexity index is 389. The molecule has 1 aromatic carbocycles. The molecule has 0 atom stereocenters. The van der Waals surface area contributed by atoms with Gasteiger partial charge in [-0.3, -0.25) is 0 Å². The Morgan fingerprint density at radius 2 is 1.75 bits per heavy atom. The molecule has 0 bridgehead atoms. The second-order valence-electron chi connectivity index (χ2n) is 4.44. The summed E-state index contributed by atoms with van der Waals surface area (Å²) in [6.07, 6.45) is 1.87. The smallest absolute Gasteiger partial charge is 0.315 e. The van der Waals surface area contributed by atoms with Crippen molar-refractivity contribution in [1.29, 1.82) is 0 Å². The second kappa shape index (κ2) is 9.07. The van der Waals surface area contributed by atoms with Crippen molar-refractivity contribution in [3.05, 3.63) is 24.3 Å². The van der Waals surface area contributed by atoms with Crippen molar-refractivity contribution in [3.8, 4) is 11.5 Å². The Labute approximate surface area is 120 Å². The van der Waals surface area contributed by atoms with Crippen LogP contribution in [0, 0.1) is 0 Å². The molecular formula is C15H24N2O3. The van der Waals surface area contributed by atoms with Crippen LogP contribution in [0.3, 0.4) is 0 Å². The molecule has 0 aliphatic rings. The molecule has 20 heavy (non-hydrogen) atoms. The molecule has 5 heteroatoms. The van der Waals surface area contributed by atoms with Gasteiger partial charge in [0.2, 0.25) is 0 Å². The molecule has 0 aromatic heterocycles. The van der Waals surface area contributed by atoms with E-state index in [1.807, 2.05) is 24.3 Å². The van der Waals surface area contributed by atoms with Crippen molar-refractivity contribution in [2.24, 2.45) is 0 Å². The van der Waals surface area contributed by atoms with Gasteiger partial charge in [-0.2, -0.15) is 0 Å². The van der Waals surface area contributed by atoms with E-state index in [-0.39, 0.29) is 12.1 Å². The molecule has 0 saturated carbocycles. The number of ether oxygens (including phenoxy) is 2. The Morgan fingerprint density at radius 1 is 1.15 bits per heavy atom. The predicted molar refractivity (Wildman–Crippen MR) is 79.4 cm³/mol. The van der Waals surface area contributed by atoms with E-state index in [4.69, 9.17) is 9.47 Å². The van der Waals surface area contributed by atoms with E-state index in [1.165, 1.54) is 0 Å². The number of hydrogen-bond acceptors (Lipinski definition) is 3. The van der Waals surface area contributed by atoms with Gasteiger partial charge in [0.1, 0.15) is 18.1 Å². The van der Waals surface area contributed by atoms with E-state index in [1.54, 1.807) is 7.11 Å². The van der Waals surface area contributed by atoms with Crippen LogP contribution in [0.4, 0.5) is 4.79 Å². The van der Waals surface area contributed by atoms with Crippen LogP contribution < -0.4 is 20.1 Å². The second-order valence-corrected chi connectivity index (χ2v) is 4.44. The zero-order chi connectivity index (χ0) is 14.8. The molecule has 0 fully saturated rings. The number of benzene rings is 1. The molecule has 2 amide bonds. The Balaban J connectivity index is 2.19. The van der Waals surface area contributed by atoms with Gasteiger partial charge in [-0.1, -0.05) is 13.8 Å². The molecule has 0 aliphatic carbocycles. The van der Waals surface area contributed by atoms with Crippen molar-refractivity contribution in [1.82, 2.24) is 10.6 Å². The summed E-state index contributed by atoms with van der Waals surface area (Å²) < 4.78 is 10.6. The van der Waals surface area contributed by atoms with Gasteiger partial charge >= 0.3 is 6.03 Å². The third-order valence-corrected chi connectivity index (χ3v) is 3.04. The SMILES string of the molecule is CCC(CC)NC(=O)NCCOc1ccc(OC)cc1. The van der Waals surface area contributed by atoms with Crippen molar-refractivity contribution >= 4 is 6.03 Å². The van der Waals surface area contributed by atoms with E-state index < -0.39 is 0 Å². The first-order chi connectivity index (χ1) is 9.69. The predicted octanol–water partition coefficient (Wildman–Crippen LogP) is 2.56. The number of rotatable bonds is 8. The van der Waals surface area contributed by atoms with Crippen molar-refractivity contribution in [3.63, 3.8) is 0 Å². The quantitative estimate of drug-likeness (QED) is 0.719. The first kappa shape index (κ1) is 16.1. The van der Waals surface area contributed by atoms with Crippen LogP contribution in [0.1, 0.15) is 26.7 Å². The Kier molecular flexibility index (Phi) is 7.32. The number of carbonyl (C=O) groups excluding carboxylic acids is 1. The minimum Gasteiger partial charge on any atom is -0.497 e. The number of urea groups is 1. The highest BCUT2D eigenvalue weighted by Crippen LogP contribution is 2.16. The molecule has 112 valence electrons. The maximum atomic E-state index is 11.6. The van der Waals surface area contributed by atoms with Crippen molar-refractivity contribution in [2.45, 2.75) is 32.7 Å². The topological polar surface area (TPSA) is 59.6 Å². The average Bonchev–Trinajstić information content (AvgIpc) is 2.49. The fourth-order valence-corrected chi connectivity index (χ4v) is 1.73. The number of nitrogens with one attached hydrogen (secondary N) is 2. The molecule has 2 N–H and O–H groups in total. The standard InChI is InChI=1S/C15H24N2O3/c1-4-12(5-2)17-15(18)16-10-11-20-14-8-6-13(19-3)7-9-14/h6-9,12H,4-5,10-11H2,1-3H3,(H2,16,17,18). The first-order valence-corrected chi connectivity index (χ1v) is 7.00. The molecule has 0 radical (unpaired) electrons. The third-order valence-electron chi connectivity index (χ3n) is 3.04. The summed E-state index contributed by atoms with van der Waals surface area (Å²) in [6.45, 7) is 5.02. The van der Waals surface area contributed by atoms with Crippen molar-refractivity contribution < 1.29 is 14.3 Å². The van der Waals surface area contributed by atoms with Gasteiger partial charge < -0.3 is 20.1 Å². The Morgan fingerprint density at radius 3 is 2.30 bits per heavy atom. The third kappa shape index (κ3) is 5.82. The van der Waals surface area contributed by atoms with Gasteiger partial charge in [0.05, 0.1) is 13.7 Å².